The van der Waals surface area contributed by atoms with E-state index in [2.05, 4.69) is 4.74 Å². The quantitative estimate of drug-likeness (QED) is 0.550. The van der Waals surface area contributed by atoms with Gasteiger partial charge in [0.2, 0.25) is 10.0 Å². The summed E-state index contributed by atoms with van der Waals surface area (Å²) >= 11 is 6.08. The molecule has 0 atom stereocenters. The van der Waals surface area contributed by atoms with Crippen LogP contribution in [0.2, 0.25) is 5.02 Å². The van der Waals surface area contributed by atoms with Gasteiger partial charge in [0.05, 0.1) is 38.4 Å². The molecule has 0 aliphatic carbocycles. The molecule has 29 heavy (non-hydrogen) atoms. The Kier molecular flexibility index (Phi) is 7.72. The molecule has 0 heterocycles. The fourth-order valence-electron chi connectivity index (χ4n) is 2.55. The minimum absolute atomic E-state index is 0.0814. The van der Waals surface area contributed by atoms with Crippen LogP contribution in [0.25, 0.3) is 0 Å². The van der Waals surface area contributed by atoms with Crippen LogP contribution in [0, 0.1) is 0 Å². The largest absolute Gasteiger partial charge is 0.497 e. The molecule has 0 saturated heterocycles. The number of ether oxygens (including phenoxy) is 4. The van der Waals surface area contributed by atoms with Crippen LogP contribution in [0.1, 0.15) is 5.56 Å². The maximum Gasteiger partial charge on any atom is 0.321 e. The second-order valence-electron chi connectivity index (χ2n) is 5.87. The van der Waals surface area contributed by atoms with Crippen molar-refractivity contribution in [3.8, 4) is 17.2 Å². The van der Waals surface area contributed by atoms with Crippen molar-refractivity contribution in [2.75, 3.05) is 35.0 Å². The Bertz CT molecular complexity index is 956. The van der Waals surface area contributed by atoms with E-state index in [1.165, 1.54) is 46.6 Å². The fourth-order valence-corrected chi connectivity index (χ4v) is 4.27. The molecule has 0 unspecified atom stereocenters. The molecule has 2 aromatic rings. The number of carbonyl (C=O) groups excluding carboxylic acids is 1. The minimum atomic E-state index is -4.08. The second-order valence-corrected chi connectivity index (χ2v) is 8.21. The van der Waals surface area contributed by atoms with Gasteiger partial charge in [-0.25, -0.2) is 8.42 Å². The zero-order valence-corrected chi connectivity index (χ0v) is 18.0. The van der Waals surface area contributed by atoms with Crippen molar-refractivity contribution < 1.29 is 32.2 Å². The van der Waals surface area contributed by atoms with Gasteiger partial charge in [0.25, 0.3) is 0 Å². The molecule has 0 fully saturated rings. The highest BCUT2D eigenvalue weighted by Gasteiger charge is 2.28. The molecule has 8 nitrogen and oxygen atoms in total. The van der Waals surface area contributed by atoms with Gasteiger partial charge >= 0.3 is 5.97 Å². The van der Waals surface area contributed by atoms with Gasteiger partial charge < -0.3 is 18.9 Å². The van der Waals surface area contributed by atoms with Crippen LogP contribution in [0.4, 0.5) is 0 Å². The monoisotopic (exact) mass is 443 g/mol. The average molecular weight is 444 g/mol. The summed E-state index contributed by atoms with van der Waals surface area (Å²) in [7, 11) is 1.51. The van der Waals surface area contributed by atoms with E-state index in [0.29, 0.717) is 22.8 Å². The lowest BCUT2D eigenvalue weighted by atomic mass is 10.2. The number of hydrogen-bond acceptors (Lipinski definition) is 7. The molecule has 0 radical (unpaired) electrons. The van der Waals surface area contributed by atoms with E-state index in [0.717, 1.165) is 4.31 Å². The summed E-state index contributed by atoms with van der Waals surface area (Å²) in [4.78, 5) is 11.8. The molecule has 10 heteroatoms. The molecule has 0 bridgehead atoms. The molecule has 2 aromatic carbocycles. The van der Waals surface area contributed by atoms with Gasteiger partial charge in [0.1, 0.15) is 23.8 Å². The molecule has 0 amide bonds. The zero-order chi connectivity index (χ0) is 21.6. The molecule has 2 rings (SSSR count). The summed E-state index contributed by atoms with van der Waals surface area (Å²) in [5.41, 5.74) is 0.563. The van der Waals surface area contributed by atoms with Crippen molar-refractivity contribution >= 4 is 27.6 Å². The maximum absolute atomic E-state index is 13.2. The Morgan fingerprint density at radius 3 is 2.07 bits per heavy atom. The summed E-state index contributed by atoms with van der Waals surface area (Å²) in [6.07, 6.45) is 0. The Morgan fingerprint density at radius 1 is 0.966 bits per heavy atom. The van der Waals surface area contributed by atoms with E-state index < -0.39 is 22.5 Å². The second kappa shape index (κ2) is 9.82. The third-order valence-corrected chi connectivity index (χ3v) is 6.15. The highest BCUT2D eigenvalue weighted by Crippen LogP contribution is 2.30. The van der Waals surface area contributed by atoms with Gasteiger partial charge in [-0.15, -0.1) is 0 Å². The minimum Gasteiger partial charge on any atom is -0.497 e. The predicted octanol–water partition coefficient (Wildman–Crippen LogP) is 2.73. The molecular weight excluding hydrogens is 422 g/mol. The highest BCUT2D eigenvalue weighted by atomic mass is 35.5. The van der Waals surface area contributed by atoms with Gasteiger partial charge in [0, 0.05) is 12.6 Å². The van der Waals surface area contributed by atoms with Crippen molar-refractivity contribution in [1.29, 1.82) is 0 Å². The van der Waals surface area contributed by atoms with Crippen LogP contribution >= 0.6 is 11.6 Å². The Labute approximate surface area is 174 Å². The molecule has 0 spiro atoms. The van der Waals surface area contributed by atoms with Gasteiger partial charge in [-0.2, -0.15) is 4.31 Å². The molecule has 158 valence electrons. The van der Waals surface area contributed by atoms with E-state index in [-0.39, 0.29) is 16.5 Å². The number of carbonyl (C=O) groups is 1. The van der Waals surface area contributed by atoms with Crippen LogP contribution in [-0.2, 0) is 26.1 Å². The van der Waals surface area contributed by atoms with E-state index in [9.17, 15) is 13.2 Å². The van der Waals surface area contributed by atoms with Crippen LogP contribution in [0.15, 0.2) is 41.3 Å². The summed E-state index contributed by atoms with van der Waals surface area (Å²) in [6.45, 7) is -0.601. The predicted molar refractivity (Wildman–Crippen MR) is 107 cm³/mol. The third-order valence-electron chi connectivity index (χ3n) is 4.06. The highest BCUT2D eigenvalue weighted by molar-refractivity contribution is 7.89. The van der Waals surface area contributed by atoms with E-state index >= 15 is 0 Å². The number of esters is 1. The number of halogens is 1. The first-order chi connectivity index (χ1) is 13.7. The van der Waals surface area contributed by atoms with E-state index in [1.54, 1.807) is 18.2 Å². The number of rotatable bonds is 9. The molecule has 0 N–H and O–H groups in total. The van der Waals surface area contributed by atoms with Gasteiger partial charge in [-0.05, 0) is 35.9 Å². The first kappa shape index (κ1) is 22.8. The van der Waals surface area contributed by atoms with E-state index in [4.69, 9.17) is 25.8 Å². The van der Waals surface area contributed by atoms with Crippen LogP contribution in [-0.4, -0.2) is 53.7 Å². The standard InChI is InChI=1S/C19H22ClNO7S/c1-25-14-7-13(8-15(9-14)26-2)11-21(12-19(22)28-4)29(23,24)16-5-6-18(27-3)17(20)10-16/h5-10H,11-12H2,1-4H3. The summed E-state index contributed by atoms with van der Waals surface area (Å²) in [5.74, 6) is 0.607. The topological polar surface area (TPSA) is 91.4 Å². The van der Waals surface area contributed by atoms with Crippen LogP contribution < -0.4 is 14.2 Å². The Balaban J connectivity index is 2.47. The summed E-state index contributed by atoms with van der Waals surface area (Å²) in [5, 5.41) is 0.134. The smallest absolute Gasteiger partial charge is 0.321 e. The van der Waals surface area contributed by atoms with E-state index in [1.807, 2.05) is 0 Å². The maximum atomic E-state index is 13.2. The first-order valence-corrected chi connectivity index (χ1v) is 10.2. The van der Waals surface area contributed by atoms with Crippen LogP contribution in [0.3, 0.4) is 0 Å². The Hall–Kier alpha value is -2.49. The van der Waals surface area contributed by atoms with Crippen molar-refractivity contribution in [1.82, 2.24) is 4.31 Å². The van der Waals surface area contributed by atoms with Gasteiger partial charge in [-0.3, -0.25) is 4.79 Å². The first-order valence-electron chi connectivity index (χ1n) is 8.37. The van der Waals surface area contributed by atoms with Crippen molar-refractivity contribution in [3.63, 3.8) is 0 Å². The van der Waals surface area contributed by atoms with Crippen molar-refractivity contribution in [2.24, 2.45) is 0 Å². The van der Waals surface area contributed by atoms with Crippen LogP contribution in [0.5, 0.6) is 17.2 Å². The summed E-state index contributed by atoms with van der Waals surface area (Å²) in [6, 6.07) is 9.04. The number of hydrogen-bond donors (Lipinski definition) is 0. The average Bonchev–Trinajstić information content (AvgIpc) is 2.72. The lowest BCUT2D eigenvalue weighted by Gasteiger charge is -2.22. The van der Waals surface area contributed by atoms with Crippen molar-refractivity contribution in [2.45, 2.75) is 11.4 Å². The zero-order valence-electron chi connectivity index (χ0n) is 16.5. The normalized spacial score (nSPS) is 11.2. The summed E-state index contributed by atoms with van der Waals surface area (Å²) < 4.78 is 47.6. The molecule has 0 aromatic heterocycles. The lowest BCUT2D eigenvalue weighted by molar-refractivity contribution is -0.140. The number of benzene rings is 2. The SMILES string of the molecule is COC(=O)CN(Cc1cc(OC)cc(OC)c1)S(=O)(=O)c1ccc(OC)c(Cl)c1. The molecule has 0 aliphatic heterocycles. The van der Waals surface area contributed by atoms with Gasteiger partial charge in [0.15, 0.2) is 0 Å². The number of nitrogens with zero attached hydrogens (tertiary/aromatic N) is 1. The fraction of sp³-hybridized carbons (Fsp3) is 0.316. The van der Waals surface area contributed by atoms with Crippen molar-refractivity contribution in [3.05, 3.63) is 47.0 Å². The Morgan fingerprint density at radius 2 is 1.59 bits per heavy atom. The third kappa shape index (κ3) is 5.53. The molecule has 0 aliphatic rings. The molecule has 0 saturated carbocycles. The number of sulfonamides is 1. The number of methoxy groups -OCH3 is 4. The molecular formula is C19H22ClNO7S. The van der Waals surface area contributed by atoms with Gasteiger partial charge in [-0.1, -0.05) is 11.6 Å². The lowest BCUT2D eigenvalue weighted by Crippen LogP contribution is -2.35.